The minimum atomic E-state index is -0.481. The summed E-state index contributed by atoms with van der Waals surface area (Å²) in [6.45, 7) is 1.28. The molecule has 6 heterocycles. The van der Waals surface area contributed by atoms with E-state index in [1.165, 1.54) is 48.1 Å². The van der Waals surface area contributed by atoms with Crippen molar-refractivity contribution in [3.05, 3.63) is 117 Å². The smallest absolute Gasteiger partial charge is 0.281 e. The second-order valence-corrected chi connectivity index (χ2v) is 11.5. The number of hydrogen-bond acceptors (Lipinski definition) is 12. The van der Waals surface area contributed by atoms with Gasteiger partial charge in [-0.2, -0.15) is 5.06 Å². The Bertz CT molecular complexity index is 2370. The topological polar surface area (TPSA) is 171 Å². The zero-order chi connectivity index (χ0) is 33.2. The molecule has 16 heteroatoms. The summed E-state index contributed by atoms with van der Waals surface area (Å²) in [5.41, 5.74) is 8.68. The standard InChI is InChI=1S/C17H13N5O2S.C15H9N5O2S/c1-11(23)22(24)12-6-7-16(18-8-12)21-15-5-3-2-4-13(15)20-17(21)14-9-25-10-19-14;21-20(22)10-5-6-14(16-7-10)19-13-4-2-1-3-11(13)18-15(19)12-8-23-9-17-12/h2-10,24H,1H3;1-9H. The van der Waals surface area contributed by atoms with Crippen molar-refractivity contribution in [2.75, 3.05) is 5.06 Å². The summed E-state index contributed by atoms with van der Waals surface area (Å²) in [5.74, 6) is 2.06. The Kier molecular flexibility index (Phi) is 8.16. The van der Waals surface area contributed by atoms with E-state index in [4.69, 9.17) is 0 Å². The van der Waals surface area contributed by atoms with E-state index in [2.05, 4.69) is 29.9 Å². The molecule has 0 unspecified atom stereocenters. The molecule has 236 valence electrons. The summed E-state index contributed by atoms with van der Waals surface area (Å²) in [6, 6.07) is 21.8. The maximum absolute atomic E-state index is 11.3. The number of aromatic nitrogens is 8. The van der Waals surface area contributed by atoms with Crippen molar-refractivity contribution < 1.29 is 14.9 Å². The molecule has 0 saturated carbocycles. The van der Waals surface area contributed by atoms with Gasteiger partial charge in [0.25, 0.3) is 5.69 Å². The normalized spacial score (nSPS) is 11.0. The highest BCUT2D eigenvalue weighted by Gasteiger charge is 2.18. The van der Waals surface area contributed by atoms with Gasteiger partial charge in [-0.15, -0.1) is 22.7 Å². The zero-order valence-electron chi connectivity index (χ0n) is 24.9. The van der Waals surface area contributed by atoms with Crippen molar-refractivity contribution in [3.63, 3.8) is 0 Å². The average molecular weight is 675 g/mol. The Morgan fingerprint density at radius 3 is 1.69 bits per heavy atom. The van der Waals surface area contributed by atoms with E-state index in [1.807, 2.05) is 68.4 Å². The van der Waals surface area contributed by atoms with Crippen LogP contribution in [0, 0.1) is 10.1 Å². The first-order valence-electron chi connectivity index (χ1n) is 14.2. The predicted molar refractivity (Wildman–Crippen MR) is 182 cm³/mol. The zero-order valence-corrected chi connectivity index (χ0v) is 26.5. The minimum absolute atomic E-state index is 0.0478. The molecular weight excluding hydrogens is 653 g/mol. The molecule has 0 aliphatic carbocycles. The van der Waals surface area contributed by atoms with Gasteiger partial charge in [-0.1, -0.05) is 24.3 Å². The second-order valence-electron chi connectivity index (χ2n) is 10.1. The van der Waals surface area contributed by atoms with Crippen molar-refractivity contribution in [2.45, 2.75) is 6.92 Å². The first kappa shape index (κ1) is 30.4. The number of para-hydroxylation sites is 4. The summed E-state index contributed by atoms with van der Waals surface area (Å²) in [6.07, 6.45) is 2.69. The van der Waals surface area contributed by atoms with Gasteiger partial charge in [-0.3, -0.25) is 29.3 Å². The molecule has 0 saturated heterocycles. The quantitative estimate of drug-likeness (QED) is 0.113. The van der Waals surface area contributed by atoms with Gasteiger partial charge >= 0.3 is 0 Å². The van der Waals surface area contributed by atoms with Gasteiger partial charge in [0.2, 0.25) is 5.91 Å². The van der Waals surface area contributed by atoms with Crippen LogP contribution in [0.3, 0.4) is 0 Å². The third-order valence-corrected chi connectivity index (χ3v) is 8.29. The SMILES string of the molecule is CC(=O)N(O)c1ccc(-n2c(-c3cscn3)nc3ccccc32)nc1.O=[N+]([O-])c1ccc(-n2c(-c3cscn3)nc3ccccc32)nc1. The summed E-state index contributed by atoms with van der Waals surface area (Å²) in [7, 11) is 0. The van der Waals surface area contributed by atoms with Crippen molar-refractivity contribution >= 4 is 62.0 Å². The Labute approximate surface area is 279 Å². The van der Waals surface area contributed by atoms with Gasteiger partial charge in [0, 0.05) is 23.8 Å². The summed E-state index contributed by atoms with van der Waals surface area (Å²) in [4.78, 5) is 48.2. The number of carbonyl (C=O) groups excluding carboxylic acids is 1. The van der Waals surface area contributed by atoms with E-state index in [1.54, 1.807) is 29.2 Å². The van der Waals surface area contributed by atoms with E-state index >= 15 is 0 Å². The highest BCUT2D eigenvalue weighted by molar-refractivity contribution is 7.08. The highest BCUT2D eigenvalue weighted by atomic mass is 32.1. The Morgan fingerprint density at radius 1 is 0.750 bits per heavy atom. The fourth-order valence-corrected chi connectivity index (χ4v) is 6.00. The molecule has 8 rings (SSSR count). The third-order valence-electron chi connectivity index (χ3n) is 7.12. The molecule has 2 aromatic carbocycles. The molecule has 0 spiro atoms. The molecule has 0 atom stereocenters. The first-order valence-corrected chi connectivity index (χ1v) is 16.1. The number of fused-ring (bicyclic) bond motifs is 2. The van der Waals surface area contributed by atoms with Gasteiger partial charge in [0.15, 0.2) is 11.6 Å². The third kappa shape index (κ3) is 5.77. The average Bonchev–Trinajstić information content (AvgIpc) is 3.94. The number of benzene rings is 2. The molecule has 0 aliphatic rings. The maximum atomic E-state index is 11.3. The molecule has 0 fully saturated rings. The second kappa shape index (κ2) is 12.9. The predicted octanol–water partition coefficient (Wildman–Crippen LogP) is 6.74. The van der Waals surface area contributed by atoms with Crippen molar-refractivity contribution in [2.24, 2.45) is 0 Å². The van der Waals surface area contributed by atoms with Crippen LogP contribution in [0.2, 0.25) is 0 Å². The lowest BCUT2D eigenvalue weighted by Crippen LogP contribution is -2.23. The summed E-state index contributed by atoms with van der Waals surface area (Å²) < 4.78 is 3.76. The van der Waals surface area contributed by atoms with Gasteiger partial charge in [0.1, 0.15) is 29.2 Å². The number of nitro groups is 1. The lowest BCUT2D eigenvalue weighted by atomic mass is 10.3. The number of imidazole rings is 2. The Morgan fingerprint density at radius 2 is 1.27 bits per heavy atom. The largest absolute Gasteiger partial charge is 0.287 e. The number of anilines is 1. The summed E-state index contributed by atoms with van der Waals surface area (Å²) in [5, 5.41) is 24.9. The van der Waals surface area contributed by atoms with Crippen LogP contribution in [-0.4, -0.2) is 55.1 Å². The lowest BCUT2D eigenvalue weighted by molar-refractivity contribution is -0.385. The number of carbonyl (C=O) groups is 1. The molecule has 14 nitrogen and oxygen atoms in total. The summed E-state index contributed by atoms with van der Waals surface area (Å²) >= 11 is 2.98. The Hall–Kier alpha value is -6.23. The minimum Gasteiger partial charge on any atom is -0.281 e. The number of thiazole rings is 2. The molecule has 0 bridgehead atoms. The van der Waals surface area contributed by atoms with Crippen LogP contribution in [0.1, 0.15) is 6.92 Å². The number of amides is 1. The Balaban J connectivity index is 0.000000152. The van der Waals surface area contributed by atoms with Crippen molar-refractivity contribution in [3.8, 4) is 34.7 Å². The van der Waals surface area contributed by atoms with Crippen LogP contribution in [0.4, 0.5) is 11.4 Å². The van der Waals surface area contributed by atoms with Crippen molar-refractivity contribution in [1.82, 2.24) is 39.0 Å². The van der Waals surface area contributed by atoms with E-state index in [0.29, 0.717) is 34.0 Å². The van der Waals surface area contributed by atoms with Gasteiger partial charge in [0.05, 0.1) is 49.9 Å². The molecule has 0 aliphatic heterocycles. The van der Waals surface area contributed by atoms with Gasteiger partial charge in [-0.25, -0.2) is 29.9 Å². The van der Waals surface area contributed by atoms with Crippen LogP contribution < -0.4 is 5.06 Å². The number of pyridine rings is 2. The van der Waals surface area contributed by atoms with E-state index < -0.39 is 10.8 Å². The molecular formula is C32H22N10O4S2. The fraction of sp³-hybridized carbons (Fsp3) is 0.0312. The molecule has 1 N–H and O–H groups in total. The van der Waals surface area contributed by atoms with Gasteiger partial charge < -0.3 is 0 Å². The number of hydroxylamine groups is 1. The van der Waals surface area contributed by atoms with E-state index in [-0.39, 0.29) is 5.69 Å². The van der Waals surface area contributed by atoms with E-state index in [0.717, 1.165) is 33.5 Å². The van der Waals surface area contributed by atoms with Crippen molar-refractivity contribution in [1.29, 1.82) is 0 Å². The van der Waals surface area contributed by atoms with Crippen LogP contribution in [0.15, 0.2) is 107 Å². The fourth-order valence-electron chi connectivity index (χ4n) is 4.94. The number of rotatable bonds is 6. The van der Waals surface area contributed by atoms with Crippen LogP contribution in [-0.2, 0) is 4.79 Å². The lowest BCUT2D eigenvalue weighted by Gasteiger charge is -2.13. The molecule has 8 aromatic rings. The maximum Gasteiger partial charge on any atom is 0.287 e. The van der Waals surface area contributed by atoms with Crippen LogP contribution in [0.5, 0.6) is 0 Å². The number of hydrogen-bond donors (Lipinski definition) is 1. The van der Waals surface area contributed by atoms with E-state index in [9.17, 15) is 20.1 Å². The molecule has 48 heavy (non-hydrogen) atoms. The molecule has 0 radical (unpaired) electrons. The van der Waals surface area contributed by atoms with Crippen LogP contribution >= 0.6 is 22.7 Å². The van der Waals surface area contributed by atoms with Gasteiger partial charge in [-0.05, 0) is 42.5 Å². The monoisotopic (exact) mass is 674 g/mol. The molecule has 1 amide bonds. The molecule has 6 aromatic heterocycles. The first-order chi connectivity index (χ1) is 23.4. The van der Waals surface area contributed by atoms with Crippen LogP contribution in [0.25, 0.3) is 56.7 Å². The highest BCUT2D eigenvalue weighted by Crippen LogP contribution is 2.29. The number of nitrogens with zero attached hydrogens (tertiary/aromatic N) is 10.